The zero-order valence-corrected chi connectivity index (χ0v) is 18.4. The first-order valence-corrected chi connectivity index (χ1v) is 10.6. The molecule has 0 saturated carbocycles. The predicted octanol–water partition coefficient (Wildman–Crippen LogP) is 4.23. The lowest BCUT2D eigenvalue weighted by Gasteiger charge is -2.17. The van der Waals surface area contributed by atoms with Crippen molar-refractivity contribution in [1.82, 2.24) is 15.0 Å². The first-order chi connectivity index (χ1) is 14.9. The van der Waals surface area contributed by atoms with E-state index in [-0.39, 0.29) is 18.3 Å². The maximum absolute atomic E-state index is 12.7. The van der Waals surface area contributed by atoms with Gasteiger partial charge in [0.15, 0.2) is 5.78 Å². The fourth-order valence-electron chi connectivity index (χ4n) is 3.50. The summed E-state index contributed by atoms with van der Waals surface area (Å²) in [4.78, 5) is 28.0. The number of nitrogens with one attached hydrogen (secondary N) is 1. The molecule has 1 saturated heterocycles. The molecule has 0 spiro atoms. The number of Topliss-reactive ketones (excluding diaryl/α,β-unsaturated/α-hetero) is 1. The number of aromatic nitrogens is 3. The van der Waals surface area contributed by atoms with E-state index in [4.69, 9.17) is 23.2 Å². The molecule has 4 rings (SSSR count). The van der Waals surface area contributed by atoms with Crippen LogP contribution in [0.5, 0.6) is 0 Å². The monoisotopic (exact) mass is 457 g/mol. The van der Waals surface area contributed by atoms with E-state index in [1.807, 2.05) is 17.9 Å². The van der Waals surface area contributed by atoms with Gasteiger partial charge < -0.3 is 15.3 Å². The molecule has 1 aliphatic heterocycles. The van der Waals surface area contributed by atoms with Crippen molar-refractivity contribution in [1.29, 1.82) is 0 Å². The molecular weight excluding hydrogens is 437 g/mol. The summed E-state index contributed by atoms with van der Waals surface area (Å²) in [6.07, 6.45) is 2.11. The fraction of sp³-hybridized carbons (Fsp3) is 0.273. The Morgan fingerprint density at radius 3 is 2.68 bits per heavy atom. The SMILES string of the molecule is Cc1cc(Nc2cc(CC(=O)c3c(Cl)cccc3Cl)ccn2)nc(N2CC[C@@H](O)C2)n1. The molecular formula is C22H21Cl2N5O2. The third kappa shape index (κ3) is 5.12. The quantitative estimate of drug-likeness (QED) is 0.535. The van der Waals surface area contributed by atoms with Crippen molar-refractivity contribution < 1.29 is 9.90 Å². The summed E-state index contributed by atoms with van der Waals surface area (Å²) in [5.74, 6) is 1.55. The number of halogens is 2. The summed E-state index contributed by atoms with van der Waals surface area (Å²) in [6, 6.07) is 10.4. The van der Waals surface area contributed by atoms with Crippen molar-refractivity contribution >= 4 is 46.6 Å². The van der Waals surface area contributed by atoms with Gasteiger partial charge in [0, 0.05) is 37.5 Å². The Kier molecular flexibility index (Phi) is 6.36. The van der Waals surface area contributed by atoms with Crippen molar-refractivity contribution in [3.05, 3.63) is 69.5 Å². The van der Waals surface area contributed by atoms with Crippen LogP contribution in [0.3, 0.4) is 0 Å². The number of ketones is 1. The van der Waals surface area contributed by atoms with Crippen molar-refractivity contribution in [3.8, 4) is 0 Å². The van der Waals surface area contributed by atoms with Crippen LogP contribution >= 0.6 is 23.2 Å². The summed E-state index contributed by atoms with van der Waals surface area (Å²) >= 11 is 12.3. The largest absolute Gasteiger partial charge is 0.391 e. The minimum atomic E-state index is -0.358. The number of carbonyl (C=O) groups excluding carboxylic acids is 1. The summed E-state index contributed by atoms with van der Waals surface area (Å²) in [6.45, 7) is 3.12. The second-order valence-electron chi connectivity index (χ2n) is 7.45. The Hall–Kier alpha value is -2.74. The molecule has 0 radical (unpaired) electrons. The molecule has 9 heteroatoms. The molecule has 2 aromatic heterocycles. The number of rotatable bonds is 6. The second-order valence-corrected chi connectivity index (χ2v) is 8.27. The third-order valence-corrected chi connectivity index (χ3v) is 5.61. The van der Waals surface area contributed by atoms with Crippen LogP contribution in [-0.2, 0) is 6.42 Å². The molecule has 160 valence electrons. The number of pyridine rings is 1. The van der Waals surface area contributed by atoms with Crippen LogP contribution in [0.25, 0.3) is 0 Å². The molecule has 7 nitrogen and oxygen atoms in total. The van der Waals surface area contributed by atoms with E-state index in [0.29, 0.717) is 52.7 Å². The van der Waals surface area contributed by atoms with Crippen LogP contribution in [0.2, 0.25) is 10.0 Å². The van der Waals surface area contributed by atoms with Crippen LogP contribution in [0.4, 0.5) is 17.6 Å². The predicted molar refractivity (Wildman–Crippen MR) is 122 cm³/mol. The standard InChI is InChI=1S/C22H21Cl2N5O2/c1-13-9-20(28-22(26-13)29-8-6-15(30)12-29)27-19-11-14(5-7-25-19)10-18(31)21-16(23)3-2-4-17(21)24/h2-5,7,9,11,15,30H,6,8,10,12H2,1H3,(H,25,26,27,28)/t15-/m1/s1. The van der Waals surface area contributed by atoms with Crippen LogP contribution in [0, 0.1) is 6.92 Å². The first kappa shape index (κ1) is 21.5. The maximum atomic E-state index is 12.7. The third-order valence-electron chi connectivity index (χ3n) is 4.98. The molecule has 0 unspecified atom stereocenters. The highest BCUT2D eigenvalue weighted by molar-refractivity contribution is 6.39. The highest BCUT2D eigenvalue weighted by Gasteiger charge is 2.23. The van der Waals surface area contributed by atoms with Gasteiger partial charge in [0.1, 0.15) is 11.6 Å². The van der Waals surface area contributed by atoms with Crippen LogP contribution in [0.1, 0.15) is 28.0 Å². The Morgan fingerprint density at radius 1 is 1.19 bits per heavy atom. The Labute approximate surface area is 190 Å². The Balaban J connectivity index is 1.51. The summed E-state index contributed by atoms with van der Waals surface area (Å²) < 4.78 is 0. The van der Waals surface area contributed by atoms with Gasteiger partial charge in [-0.3, -0.25) is 4.79 Å². The van der Waals surface area contributed by atoms with Crippen molar-refractivity contribution in [2.75, 3.05) is 23.3 Å². The van der Waals surface area contributed by atoms with Gasteiger partial charge in [-0.05, 0) is 43.2 Å². The smallest absolute Gasteiger partial charge is 0.227 e. The lowest BCUT2D eigenvalue weighted by Crippen LogP contribution is -2.23. The number of β-amino-alcohol motifs (C(OH)–C–C–N with tert-alkyl or cyclic N) is 1. The first-order valence-electron chi connectivity index (χ1n) is 9.87. The van der Waals surface area contributed by atoms with Crippen molar-refractivity contribution in [2.45, 2.75) is 25.9 Å². The summed E-state index contributed by atoms with van der Waals surface area (Å²) in [7, 11) is 0. The lowest BCUT2D eigenvalue weighted by molar-refractivity contribution is 0.0993. The number of aliphatic hydroxyl groups excluding tert-OH is 1. The molecule has 0 bridgehead atoms. The van der Waals surface area contributed by atoms with E-state index in [1.54, 1.807) is 36.5 Å². The molecule has 0 aliphatic carbocycles. The van der Waals surface area contributed by atoms with E-state index in [9.17, 15) is 9.90 Å². The van der Waals surface area contributed by atoms with Gasteiger partial charge >= 0.3 is 0 Å². The van der Waals surface area contributed by atoms with E-state index < -0.39 is 0 Å². The van der Waals surface area contributed by atoms with E-state index in [0.717, 1.165) is 11.3 Å². The summed E-state index contributed by atoms with van der Waals surface area (Å²) in [5, 5.41) is 13.6. The zero-order valence-electron chi connectivity index (χ0n) is 16.8. The van der Waals surface area contributed by atoms with Gasteiger partial charge in [0.2, 0.25) is 5.95 Å². The number of hydrogen-bond acceptors (Lipinski definition) is 7. The van der Waals surface area contributed by atoms with Gasteiger partial charge in [0.25, 0.3) is 0 Å². The minimum absolute atomic E-state index is 0.139. The Morgan fingerprint density at radius 2 is 1.97 bits per heavy atom. The highest BCUT2D eigenvalue weighted by Crippen LogP contribution is 2.26. The van der Waals surface area contributed by atoms with Gasteiger partial charge in [-0.25, -0.2) is 9.97 Å². The minimum Gasteiger partial charge on any atom is -0.391 e. The van der Waals surface area contributed by atoms with Crippen LogP contribution in [0.15, 0.2) is 42.6 Å². The van der Waals surface area contributed by atoms with Crippen molar-refractivity contribution in [3.63, 3.8) is 0 Å². The molecule has 3 aromatic rings. The van der Waals surface area contributed by atoms with Gasteiger partial charge in [-0.2, -0.15) is 4.98 Å². The number of benzene rings is 1. The van der Waals surface area contributed by atoms with Gasteiger partial charge in [-0.15, -0.1) is 0 Å². The maximum Gasteiger partial charge on any atom is 0.227 e. The number of aryl methyl sites for hydroxylation is 1. The van der Waals surface area contributed by atoms with E-state index in [1.165, 1.54) is 0 Å². The average molecular weight is 458 g/mol. The number of hydrogen-bond donors (Lipinski definition) is 2. The number of anilines is 3. The fourth-order valence-corrected chi connectivity index (χ4v) is 4.11. The zero-order chi connectivity index (χ0) is 22.0. The second kappa shape index (κ2) is 9.18. The average Bonchev–Trinajstić information content (AvgIpc) is 3.14. The number of nitrogens with zero attached hydrogens (tertiary/aromatic N) is 4. The topological polar surface area (TPSA) is 91.2 Å². The number of carbonyl (C=O) groups is 1. The molecule has 1 aromatic carbocycles. The van der Waals surface area contributed by atoms with Crippen molar-refractivity contribution in [2.24, 2.45) is 0 Å². The highest BCUT2D eigenvalue weighted by atomic mass is 35.5. The molecule has 0 amide bonds. The summed E-state index contributed by atoms with van der Waals surface area (Å²) in [5.41, 5.74) is 1.89. The molecule has 31 heavy (non-hydrogen) atoms. The molecule has 1 fully saturated rings. The van der Waals surface area contributed by atoms with E-state index >= 15 is 0 Å². The molecule has 1 atom stereocenters. The van der Waals surface area contributed by atoms with Crippen LogP contribution < -0.4 is 10.2 Å². The molecule has 2 N–H and O–H groups in total. The molecule has 3 heterocycles. The Bertz CT molecular complexity index is 1100. The normalized spacial score (nSPS) is 15.9. The number of aliphatic hydroxyl groups is 1. The molecule has 1 aliphatic rings. The van der Waals surface area contributed by atoms with Crippen LogP contribution in [-0.4, -0.2) is 45.0 Å². The van der Waals surface area contributed by atoms with E-state index in [2.05, 4.69) is 20.3 Å². The van der Waals surface area contributed by atoms with Gasteiger partial charge in [0.05, 0.1) is 21.7 Å². The lowest BCUT2D eigenvalue weighted by atomic mass is 10.0. The van der Waals surface area contributed by atoms with Gasteiger partial charge in [-0.1, -0.05) is 29.3 Å².